The standard InChI is InChI=1S/C11H14O4/c1-8(7-14-2)15-10-5-3-9(4-6-10)11(12)13/h3-6,8H,7H2,1-2H3,(H,12,13). The van der Waals surface area contributed by atoms with Crippen LogP contribution in [0.15, 0.2) is 24.3 Å². The highest BCUT2D eigenvalue weighted by Crippen LogP contribution is 2.13. The Balaban J connectivity index is 2.60. The number of benzene rings is 1. The molecule has 0 radical (unpaired) electrons. The van der Waals surface area contributed by atoms with Crippen LogP contribution in [0.5, 0.6) is 5.75 Å². The third-order valence-corrected chi connectivity index (χ3v) is 1.84. The van der Waals surface area contributed by atoms with Gasteiger partial charge in [-0.1, -0.05) is 0 Å². The van der Waals surface area contributed by atoms with Gasteiger partial charge in [0.15, 0.2) is 0 Å². The van der Waals surface area contributed by atoms with Crippen molar-refractivity contribution in [3.63, 3.8) is 0 Å². The van der Waals surface area contributed by atoms with Crippen LogP contribution in [0.2, 0.25) is 0 Å². The average Bonchev–Trinajstić information content (AvgIpc) is 2.18. The summed E-state index contributed by atoms with van der Waals surface area (Å²) in [7, 11) is 1.60. The van der Waals surface area contributed by atoms with Crippen molar-refractivity contribution in [2.75, 3.05) is 13.7 Å². The van der Waals surface area contributed by atoms with Crippen molar-refractivity contribution in [3.05, 3.63) is 29.8 Å². The molecule has 1 unspecified atom stereocenters. The van der Waals surface area contributed by atoms with E-state index in [4.69, 9.17) is 14.6 Å². The number of hydrogen-bond acceptors (Lipinski definition) is 3. The van der Waals surface area contributed by atoms with E-state index < -0.39 is 5.97 Å². The normalized spacial score (nSPS) is 12.1. The smallest absolute Gasteiger partial charge is 0.335 e. The van der Waals surface area contributed by atoms with Crippen LogP contribution in [0.3, 0.4) is 0 Å². The molecule has 1 N–H and O–H groups in total. The second-order valence-corrected chi connectivity index (χ2v) is 3.21. The van der Waals surface area contributed by atoms with E-state index in [0.717, 1.165) is 0 Å². The molecule has 0 saturated carbocycles. The van der Waals surface area contributed by atoms with Crippen molar-refractivity contribution in [1.29, 1.82) is 0 Å². The van der Waals surface area contributed by atoms with E-state index in [1.54, 1.807) is 19.2 Å². The van der Waals surface area contributed by atoms with Crippen molar-refractivity contribution < 1.29 is 19.4 Å². The zero-order chi connectivity index (χ0) is 11.3. The van der Waals surface area contributed by atoms with Crippen LogP contribution in [0.25, 0.3) is 0 Å². The third kappa shape index (κ3) is 3.59. The van der Waals surface area contributed by atoms with Gasteiger partial charge in [-0.2, -0.15) is 0 Å². The predicted molar refractivity (Wildman–Crippen MR) is 55.4 cm³/mol. The molecule has 1 atom stereocenters. The molecule has 0 aliphatic rings. The maximum Gasteiger partial charge on any atom is 0.335 e. The molecule has 0 bridgehead atoms. The number of carbonyl (C=O) groups is 1. The van der Waals surface area contributed by atoms with Crippen LogP contribution in [-0.2, 0) is 4.74 Å². The number of ether oxygens (including phenoxy) is 2. The molecule has 1 rings (SSSR count). The van der Waals surface area contributed by atoms with E-state index in [-0.39, 0.29) is 11.7 Å². The van der Waals surface area contributed by atoms with Gasteiger partial charge in [0.25, 0.3) is 0 Å². The number of aromatic carboxylic acids is 1. The summed E-state index contributed by atoms with van der Waals surface area (Å²) in [5.74, 6) is -0.295. The lowest BCUT2D eigenvalue weighted by Gasteiger charge is -2.13. The molecule has 15 heavy (non-hydrogen) atoms. The maximum absolute atomic E-state index is 10.6. The number of carboxylic acid groups (broad SMARTS) is 1. The molecule has 4 nitrogen and oxygen atoms in total. The molecule has 0 aliphatic heterocycles. The molecular weight excluding hydrogens is 196 g/mol. The Labute approximate surface area is 88.4 Å². The maximum atomic E-state index is 10.6. The predicted octanol–water partition coefficient (Wildman–Crippen LogP) is 1.80. The first-order valence-corrected chi connectivity index (χ1v) is 4.62. The fourth-order valence-electron chi connectivity index (χ4n) is 1.18. The summed E-state index contributed by atoms with van der Waals surface area (Å²) in [6, 6.07) is 6.29. The molecule has 0 amide bonds. The van der Waals surface area contributed by atoms with Crippen molar-refractivity contribution >= 4 is 5.97 Å². The summed E-state index contributed by atoms with van der Waals surface area (Å²) in [6.45, 7) is 2.38. The summed E-state index contributed by atoms with van der Waals surface area (Å²) in [4.78, 5) is 10.6. The SMILES string of the molecule is COCC(C)Oc1ccc(C(=O)O)cc1. The van der Waals surface area contributed by atoms with Gasteiger partial charge in [0.2, 0.25) is 0 Å². The topological polar surface area (TPSA) is 55.8 Å². The second-order valence-electron chi connectivity index (χ2n) is 3.21. The van der Waals surface area contributed by atoms with E-state index in [9.17, 15) is 4.79 Å². The molecule has 0 heterocycles. The van der Waals surface area contributed by atoms with E-state index in [1.165, 1.54) is 12.1 Å². The monoisotopic (exact) mass is 210 g/mol. The zero-order valence-corrected chi connectivity index (χ0v) is 8.77. The number of methoxy groups -OCH3 is 1. The molecule has 4 heteroatoms. The lowest BCUT2D eigenvalue weighted by atomic mass is 10.2. The lowest BCUT2D eigenvalue weighted by molar-refractivity contribution is 0.0696. The van der Waals surface area contributed by atoms with Crippen LogP contribution in [0.4, 0.5) is 0 Å². The minimum Gasteiger partial charge on any atom is -0.488 e. The van der Waals surface area contributed by atoms with Crippen molar-refractivity contribution in [1.82, 2.24) is 0 Å². The summed E-state index contributed by atoms with van der Waals surface area (Å²) < 4.78 is 10.4. The van der Waals surface area contributed by atoms with Gasteiger partial charge < -0.3 is 14.6 Å². The Morgan fingerprint density at radius 1 is 1.40 bits per heavy atom. The highest BCUT2D eigenvalue weighted by molar-refractivity contribution is 5.87. The van der Waals surface area contributed by atoms with Gasteiger partial charge in [-0.3, -0.25) is 0 Å². The molecule has 0 fully saturated rings. The quantitative estimate of drug-likeness (QED) is 0.805. The Bertz CT molecular complexity index is 318. The Morgan fingerprint density at radius 3 is 2.47 bits per heavy atom. The molecule has 82 valence electrons. The van der Waals surface area contributed by atoms with Gasteiger partial charge in [-0.05, 0) is 31.2 Å². The highest BCUT2D eigenvalue weighted by Gasteiger charge is 2.05. The molecule has 1 aromatic carbocycles. The molecule has 0 aromatic heterocycles. The molecule has 0 spiro atoms. The van der Waals surface area contributed by atoms with Crippen LogP contribution in [0, 0.1) is 0 Å². The molecule has 0 saturated heterocycles. The van der Waals surface area contributed by atoms with E-state index in [2.05, 4.69) is 0 Å². The minimum atomic E-state index is -0.938. The van der Waals surface area contributed by atoms with Gasteiger partial charge in [0.1, 0.15) is 11.9 Å². The summed E-state index contributed by atoms with van der Waals surface area (Å²) in [5, 5.41) is 8.68. The first-order chi connectivity index (χ1) is 7.13. The minimum absolute atomic E-state index is 0.0503. The second kappa shape index (κ2) is 5.36. The van der Waals surface area contributed by atoms with Crippen LogP contribution in [0.1, 0.15) is 17.3 Å². The van der Waals surface area contributed by atoms with Crippen molar-refractivity contribution in [2.24, 2.45) is 0 Å². The van der Waals surface area contributed by atoms with Gasteiger partial charge in [0.05, 0.1) is 12.2 Å². The zero-order valence-electron chi connectivity index (χ0n) is 8.77. The fourth-order valence-corrected chi connectivity index (χ4v) is 1.18. The summed E-state index contributed by atoms with van der Waals surface area (Å²) in [6.07, 6.45) is -0.0503. The number of hydrogen-bond donors (Lipinski definition) is 1. The van der Waals surface area contributed by atoms with E-state index in [1.807, 2.05) is 6.92 Å². The average molecular weight is 210 g/mol. The van der Waals surface area contributed by atoms with Crippen molar-refractivity contribution in [2.45, 2.75) is 13.0 Å². The third-order valence-electron chi connectivity index (χ3n) is 1.84. The van der Waals surface area contributed by atoms with Gasteiger partial charge in [0, 0.05) is 7.11 Å². The first-order valence-electron chi connectivity index (χ1n) is 4.62. The van der Waals surface area contributed by atoms with Gasteiger partial charge in [-0.15, -0.1) is 0 Å². The first kappa shape index (κ1) is 11.5. The van der Waals surface area contributed by atoms with Crippen molar-refractivity contribution in [3.8, 4) is 5.75 Å². The largest absolute Gasteiger partial charge is 0.488 e. The fraction of sp³-hybridized carbons (Fsp3) is 0.364. The Hall–Kier alpha value is -1.55. The van der Waals surface area contributed by atoms with E-state index in [0.29, 0.717) is 12.4 Å². The summed E-state index contributed by atoms with van der Waals surface area (Å²) in [5.41, 5.74) is 0.252. The molecular formula is C11H14O4. The summed E-state index contributed by atoms with van der Waals surface area (Å²) >= 11 is 0. The van der Waals surface area contributed by atoms with Gasteiger partial charge >= 0.3 is 5.97 Å². The van der Waals surface area contributed by atoms with Crippen LogP contribution >= 0.6 is 0 Å². The molecule has 0 aliphatic carbocycles. The van der Waals surface area contributed by atoms with Gasteiger partial charge in [-0.25, -0.2) is 4.79 Å². The van der Waals surface area contributed by atoms with E-state index >= 15 is 0 Å². The number of carboxylic acids is 1. The highest BCUT2D eigenvalue weighted by atomic mass is 16.5. The lowest BCUT2D eigenvalue weighted by Crippen LogP contribution is -2.17. The Morgan fingerprint density at radius 2 is 2.00 bits per heavy atom. The van der Waals surface area contributed by atoms with Crippen LogP contribution in [-0.4, -0.2) is 30.9 Å². The number of rotatable bonds is 5. The molecule has 1 aromatic rings. The van der Waals surface area contributed by atoms with Crippen LogP contribution < -0.4 is 4.74 Å². The Kier molecular flexibility index (Phi) is 4.12.